The first kappa shape index (κ1) is 16.4. The van der Waals surface area contributed by atoms with E-state index >= 15 is 0 Å². The molecule has 9 heteroatoms. The molecule has 0 saturated carbocycles. The van der Waals surface area contributed by atoms with Crippen LogP contribution in [0.1, 0.15) is 23.0 Å². The molecule has 0 spiro atoms. The number of hydrogen-bond donors (Lipinski definition) is 0. The quantitative estimate of drug-likeness (QED) is 0.803. The number of morpholine rings is 1. The second-order valence-corrected chi connectivity index (χ2v) is 5.37. The van der Waals surface area contributed by atoms with Gasteiger partial charge in [0.1, 0.15) is 5.69 Å². The van der Waals surface area contributed by atoms with E-state index in [0.29, 0.717) is 43.4 Å². The molecule has 128 valence electrons. The number of nitrogens with zero attached hydrogens (tertiary/aromatic N) is 4. The van der Waals surface area contributed by atoms with Gasteiger partial charge in [-0.1, -0.05) is 0 Å². The third-order valence-electron chi connectivity index (χ3n) is 3.69. The maximum Gasteiger partial charge on any atom is 0.433 e. The normalized spacial score (nSPS) is 15.6. The number of Topliss-reactive ketones (excluding diaryl/α,β-unsaturated/α-hetero) is 1. The van der Waals surface area contributed by atoms with E-state index in [1.165, 1.54) is 23.9 Å². The highest BCUT2D eigenvalue weighted by atomic mass is 19.4. The zero-order chi connectivity index (χ0) is 17.3. The molecule has 2 aromatic rings. The van der Waals surface area contributed by atoms with Gasteiger partial charge in [0.25, 0.3) is 0 Å². The molecule has 0 bridgehead atoms. The number of rotatable bonds is 3. The standard InChI is InChI=1S/C15H15F3N4O2/c1-10(23)12-9-22(20-14(12)21-4-6-24-7-5-21)11-2-3-13(19-8-11)15(16,17)18/h2-3,8-9H,4-7H2,1H3. The van der Waals surface area contributed by atoms with E-state index in [2.05, 4.69) is 10.1 Å². The lowest BCUT2D eigenvalue weighted by Gasteiger charge is -2.27. The summed E-state index contributed by atoms with van der Waals surface area (Å²) in [5.41, 5.74) is -0.208. The molecule has 1 saturated heterocycles. The molecule has 0 radical (unpaired) electrons. The topological polar surface area (TPSA) is 60.2 Å². The highest BCUT2D eigenvalue weighted by Gasteiger charge is 2.32. The zero-order valence-electron chi connectivity index (χ0n) is 12.9. The van der Waals surface area contributed by atoms with Gasteiger partial charge >= 0.3 is 6.18 Å². The number of ether oxygens (including phenoxy) is 1. The Morgan fingerprint density at radius 3 is 2.50 bits per heavy atom. The summed E-state index contributed by atoms with van der Waals surface area (Å²) >= 11 is 0. The number of carbonyl (C=O) groups excluding carboxylic acids is 1. The molecule has 2 aromatic heterocycles. The summed E-state index contributed by atoms with van der Waals surface area (Å²) in [7, 11) is 0. The second kappa shape index (κ2) is 6.23. The van der Waals surface area contributed by atoms with Crippen molar-refractivity contribution in [2.24, 2.45) is 0 Å². The number of alkyl halides is 3. The fourth-order valence-electron chi connectivity index (χ4n) is 2.44. The van der Waals surface area contributed by atoms with E-state index in [0.717, 1.165) is 12.3 Å². The number of ketones is 1. The van der Waals surface area contributed by atoms with Gasteiger partial charge in [0.15, 0.2) is 11.6 Å². The molecule has 1 aliphatic rings. The SMILES string of the molecule is CC(=O)c1cn(-c2ccc(C(F)(F)F)nc2)nc1N1CCOCC1. The van der Waals surface area contributed by atoms with E-state index in [-0.39, 0.29) is 5.78 Å². The van der Waals surface area contributed by atoms with E-state index in [1.807, 2.05) is 4.90 Å². The van der Waals surface area contributed by atoms with Crippen molar-refractivity contribution < 1.29 is 22.7 Å². The third-order valence-corrected chi connectivity index (χ3v) is 3.69. The van der Waals surface area contributed by atoms with Crippen molar-refractivity contribution in [3.63, 3.8) is 0 Å². The van der Waals surface area contributed by atoms with Crippen LogP contribution in [-0.2, 0) is 10.9 Å². The number of carbonyl (C=O) groups is 1. The number of pyridine rings is 1. The smallest absolute Gasteiger partial charge is 0.378 e. The zero-order valence-corrected chi connectivity index (χ0v) is 12.9. The molecular formula is C15H15F3N4O2. The summed E-state index contributed by atoms with van der Waals surface area (Å²) in [6, 6.07) is 2.16. The van der Waals surface area contributed by atoms with Gasteiger partial charge in [-0.05, 0) is 19.1 Å². The summed E-state index contributed by atoms with van der Waals surface area (Å²) in [6.45, 7) is 3.69. The van der Waals surface area contributed by atoms with Crippen LogP contribution in [0, 0.1) is 0 Å². The maximum atomic E-state index is 12.6. The summed E-state index contributed by atoms with van der Waals surface area (Å²) in [6.07, 6.45) is -1.90. The molecule has 1 fully saturated rings. The Kier molecular flexibility index (Phi) is 4.27. The van der Waals surface area contributed by atoms with Crippen molar-refractivity contribution in [1.82, 2.24) is 14.8 Å². The number of halogens is 3. The third kappa shape index (κ3) is 3.25. The molecule has 3 rings (SSSR count). The van der Waals surface area contributed by atoms with Gasteiger partial charge < -0.3 is 9.64 Å². The minimum atomic E-state index is -4.49. The van der Waals surface area contributed by atoms with Gasteiger partial charge in [-0.25, -0.2) is 9.67 Å². The van der Waals surface area contributed by atoms with Crippen LogP contribution in [0.4, 0.5) is 19.0 Å². The molecule has 24 heavy (non-hydrogen) atoms. The van der Waals surface area contributed by atoms with Gasteiger partial charge in [-0.3, -0.25) is 4.79 Å². The van der Waals surface area contributed by atoms with Crippen LogP contribution in [0.2, 0.25) is 0 Å². The predicted molar refractivity (Wildman–Crippen MR) is 79.4 cm³/mol. The van der Waals surface area contributed by atoms with Crippen LogP contribution in [0.3, 0.4) is 0 Å². The molecule has 0 aromatic carbocycles. The van der Waals surface area contributed by atoms with Crippen molar-refractivity contribution >= 4 is 11.6 Å². The molecule has 0 amide bonds. The van der Waals surface area contributed by atoms with Crippen LogP contribution < -0.4 is 4.90 Å². The molecule has 6 nitrogen and oxygen atoms in total. The highest BCUT2D eigenvalue weighted by molar-refractivity contribution is 5.98. The lowest BCUT2D eigenvalue weighted by atomic mass is 10.2. The lowest BCUT2D eigenvalue weighted by Crippen LogP contribution is -2.37. The summed E-state index contributed by atoms with van der Waals surface area (Å²) < 4.78 is 44.4. The average molecular weight is 340 g/mol. The van der Waals surface area contributed by atoms with Crippen LogP contribution in [-0.4, -0.2) is 46.9 Å². The first-order valence-electron chi connectivity index (χ1n) is 7.33. The van der Waals surface area contributed by atoms with E-state index < -0.39 is 11.9 Å². The first-order chi connectivity index (χ1) is 11.4. The van der Waals surface area contributed by atoms with Gasteiger partial charge in [0, 0.05) is 19.3 Å². The summed E-state index contributed by atoms with van der Waals surface area (Å²) in [5.74, 6) is 0.341. The van der Waals surface area contributed by atoms with Gasteiger partial charge in [-0.15, -0.1) is 5.10 Å². The van der Waals surface area contributed by atoms with Crippen molar-refractivity contribution in [1.29, 1.82) is 0 Å². The molecule has 0 aliphatic carbocycles. The highest BCUT2D eigenvalue weighted by Crippen LogP contribution is 2.28. The Bertz CT molecular complexity index is 734. The average Bonchev–Trinajstić information content (AvgIpc) is 3.00. The summed E-state index contributed by atoms with van der Waals surface area (Å²) in [5, 5.41) is 4.36. The van der Waals surface area contributed by atoms with Crippen molar-refractivity contribution in [2.45, 2.75) is 13.1 Å². The Labute approximate surface area is 135 Å². The molecule has 0 atom stereocenters. The van der Waals surface area contributed by atoms with Gasteiger partial charge in [-0.2, -0.15) is 13.2 Å². The van der Waals surface area contributed by atoms with Crippen molar-refractivity contribution in [3.8, 4) is 5.69 Å². The molecule has 3 heterocycles. The predicted octanol–water partition coefficient (Wildman–Crippen LogP) is 2.33. The number of aromatic nitrogens is 3. The van der Waals surface area contributed by atoms with Crippen LogP contribution in [0.5, 0.6) is 0 Å². The number of hydrogen-bond acceptors (Lipinski definition) is 5. The van der Waals surface area contributed by atoms with Gasteiger partial charge in [0.05, 0.1) is 30.7 Å². The maximum absolute atomic E-state index is 12.6. The van der Waals surface area contributed by atoms with E-state index in [1.54, 1.807) is 0 Å². The minimum absolute atomic E-state index is 0.164. The summed E-state index contributed by atoms with van der Waals surface area (Å²) in [4.78, 5) is 17.2. The van der Waals surface area contributed by atoms with Crippen molar-refractivity contribution in [2.75, 3.05) is 31.2 Å². The Balaban J connectivity index is 1.95. The lowest BCUT2D eigenvalue weighted by molar-refractivity contribution is -0.141. The molecule has 0 N–H and O–H groups in total. The van der Waals surface area contributed by atoms with Crippen LogP contribution >= 0.6 is 0 Å². The minimum Gasteiger partial charge on any atom is -0.378 e. The van der Waals surface area contributed by atoms with Gasteiger partial charge in [0.2, 0.25) is 0 Å². The van der Waals surface area contributed by atoms with Crippen LogP contribution in [0.25, 0.3) is 5.69 Å². The van der Waals surface area contributed by atoms with E-state index in [4.69, 9.17) is 4.74 Å². The molecular weight excluding hydrogens is 325 g/mol. The molecule has 0 unspecified atom stereocenters. The van der Waals surface area contributed by atoms with Crippen molar-refractivity contribution in [3.05, 3.63) is 35.8 Å². The van der Waals surface area contributed by atoms with E-state index in [9.17, 15) is 18.0 Å². The monoisotopic (exact) mass is 340 g/mol. The number of anilines is 1. The largest absolute Gasteiger partial charge is 0.433 e. The fourth-order valence-corrected chi connectivity index (χ4v) is 2.44. The Hall–Kier alpha value is -2.42. The second-order valence-electron chi connectivity index (χ2n) is 5.37. The van der Waals surface area contributed by atoms with Crippen LogP contribution in [0.15, 0.2) is 24.5 Å². The Morgan fingerprint density at radius 2 is 1.96 bits per heavy atom. The first-order valence-corrected chi connectivity index (χ1v) is 7.33. The Morgan fingerprint density at radius 1 is 1.25 bits per heavy atom. The molecule has 1 aliphatic heterocycles. The fraction of sp³-hybridized carbons (Fsp3) is 0.400.